The van der Waals surface area contributed by atoms with Crippen molar-refractivity contribution in [1.82, 2.24) is 0 Å². The summed E-state index contributed by atoms with van der Waals surface area (Å²) in [5, 5.41) is 10.0. The van der Waals surface area contributed by atoms with Crippen molar-refractivity contribution < 1.29 is 37.5 Å². The number of hydrogen-bond donors (Lipinski definition) is 1. The molecule has 0 heterocycles. The molecule has 33 heavy (non-hydrogen) atoms. The summed E-state index contributed by atoms with van der Waals surface area (Å²) in [6.45, 7) is 6.17. The number of aromatic hydroxyl groups is 1. The van der Waals surface area contributed by atoms with Crippen molar-refractivity contribution in [1.29, 1.82) is 0 Å². The van der Waals surface area contributed by atoms with E-state index < -0.39 is 26.7 Å². The number of phenolic OH excluding ortho intramolecular Hbond substituents is 1. The lowest BCUT2D eigenvalue weighted by atomic mass is 9.96. The quantitative estimate of drug-likeness (QED) is 0.477. The van der Waals surface area contributed by atoms with Gasteiger partial charge in [0.1, 0.15) is 11.5 Å². The Bertz CT molecular complexity index is 930. The van der Waals surface area contributed by atoms with Gasteiger partial charge in [-0.05, 0) is 60.2 Å². The zero-order valence-corrected chi connectivity index (χ0v) is 20.4. The second-order valence-corrected chi connectivity index (χ2v) is 10.0. The van der Waals surface area contributed by atoms with E-state index >= 15 is 0 Å². The van der Waals surface area contributed by atoms with Gasteiger partial charge in [0.05, 0.1) is 12.7 Å². The number of benzene rings is 2. The highest BCUT2D eigenvalue weighted by Gasteiger charge is 2.51. The van der Waals surface area contributed by atoms with Crippen LogP contribution in [0.3, 0.4) is 0 Å². The highest BCUT2D eigenvalue weighted by molar-refractivity contribution is 6.65. The third kappa shape index (κ3) is 8.26. The molecule has 0 amide bonds. The minimum absolute atomic E-state index is 0.0602. The van der Waals surface area contributed by atoms with Crippen LogP contribution in [0.4, 0.5) is 0 Å². The molecule has 0 aliphatic rings. The normalized spacial score (nSPS) is 10.9. The Kier molecular flexibility index (Phi) is 9.47. The van der Waals surface area contributed by atoms with E-state index in [0.29, 0.717) is 19.4 Å². The first-order chi connectivity index (χ1) is 15.6. The van der Waals surface area contributed by atoms with Gasteiger partial charge in [-0.1, -0.05) is 25.1 Å². The fraction of sp³-hybridized carbons (Fsp3) is 0.375. The van der Waals surface area contributed by atoms with Gasteiger partial charge in [0, 0.05) is 20.8 Å². The maximum atomic E-state index is 11.6. The molecule has 0 aliphatic heterocycles. The summed E-state index contributed by atoms with van der Waals surface area (Å²) in [5.74, 6) is -1.21. The van der Waals surface area contributed by atoms with Gasteiger partial charge < -0.3 is 23.1 Å². The third-order valence-electron chi connectivity index (χ3n) is 4.55. The number of hydrogen-bond acceptors (Lipinski definition) is 8. The van der Waals surface area contributed by atoms with Gasteiger partial charge in [0.15, 0.2) is 0 Å². The SMILES string of the molecule is CCCOc1ccc(-c2ccc(O)cc2CCC[Si](OC(C)=O)(OC(C)=O)OC(C)=O)cc1. The average Bonchev–Trinajstić information content (AvgIpc) is 2.71. The smallest absolute Gasteiger partial charge is 0.508 e. The Labute approximate surface area is 194 Å². The van der Waals surface area contributed by atoms with Crippen molar-refractivity contribution in [2.24, 2.45) is 0 Å². The number of rotatable bonds is 11. The van der Waals surface area contributed by atoms with Crippen LogP contribution in [-0.2, 0) is 34.1 Å². The Hall–Kier alpha value is -3.33. The number of carbonyl (C=O) groups excluding carboxylic acids is 3. The summed E-state index contributed by atoms with van der Waals surface area (Å²) in [5.41, 5.74) is 2.69. The van der Waals surface area contributed by atoms with Gasteiger partial charge in [-0.15, -0.1) is 0 Å². The van der Waals surface area contributed by atoms with Crippen LogP contribution in [-0.4, -0.2) is 38.4 Å². The van der Waals surface area contributed by atoms with E-state index in [9.17, 15) is 19.5 Å². The van der Waals surface area contributed by atoms with Gasteiger partial charge in [-0.25, -0.2) is 0 Å². The zero-order chi connectivity index (χ0) is 24.4. The van der Waals surface area contributed by atoms with Crippen LogP contribution in [0.5, 0.6) is 11.5 Å². The van der Waals surface area contributed by atoms with Crippen LogP contribution in [0.25, 0.3) is 11.1 Å². The molecule has 8 nitrogen and oxygen atoms in total. The molecule has 0 radical (unpaired) electrons. The number of aryl methyl sites for hydroxylation is 1. The summed E-state index contributed by atoms with van der Waals surface area (Å²) in [7, 11) is -3.90. The number of phenols is 1. The Morgan fingerprint density at radius 1 is 0.879 bits per heavy atom. The molecule has 2 aromatic carbocycles. The zero-order valence-electron chi connectivity index (χ0n) is 19.4. The van der Waals surface area contributed by atoms with Crippen molar-refractivity contribution in [2.75, 3.05) is 6.61 Å². The molecule has 0 aromatic heterocycles. The first-order valence-corrected chi connectivity index (χ1v) is 12.7. The van der Waals surface area contributed by atoms with E-state index in [1.54, 1.807) is 12.1 Å². The molecular weight excluding hydrogens is 444 g/mol. The molecule has 9 heteroatoms. The van der Waals surface area contributed by atoms with Crippen LogP contribution in [0, 0.1) is 0 Å². The van der Waals surface area contributed by atoms with E-state index in [-0.39, 0.29) is 11.8 Å². The van der Waals surface area contributed by atoms with Crippen LogP contribution >= 0.6 is 0 Å². The van der Waals surface area contributed by atoms with Crippen molar-refractivity contribution >= 4 is 26.7 Å². The van der Waals surface area contributed by atoms with Gasteiger partial charge in [0.2, 0.25) is 0 Å². The molecule has 0 aliphatic carbocycles. The van der Waals surface area contributed by atoms with Crippen LogP contribution in [0.15, 0.2) is 42.5 Å². The minimum Gasteiger partial charge on any atom is -0.508 e. The lowest BCUT2D eigenvalue weighted by Crippen LogP contribution is -2.49. The fourth-order valence-electron chi connectivity index (χ4n) is 3.39. The lowest BCUT2D eigenvalue weighted by Gasteiger charge is -2.26. The summed E-state index contributed by atoms with van der Waals surface area (Å²) >= 11 is 0. The van der Waals surface area contributed by atoms with Crippen LogP contribution in [0.1, 0.15) is 46.1 Å². The van der Waals surface area contributed by atoms with E-state index in [1.807, 2.05) is 37.3 Å². The van der Waals surface area contributed by atoms with E-state index in [0.717, 1.165) is 49.6 Å². The topological polar surface area (TPSA) is 108 Å². The van der Waals surface area contributed by atoms with Crippen LogP contribution < -0.4 is 4.74 Å². The number of carbonyl (C=O) groups is 3. The molecule has 0 saturated heterocycles. The second kappa shape index (κ2) is 12.1. The minimum atomic E-state index is -3.90. The molecule has 0 spiro atoms. The van der Waals surface area contributed by atoms with E-state index in [1.165, 1.54) is 0 Å². The van der Waals surface area contributed by atoms with Gasteiger partial charge in [0.25, 0.3) is 17.9 Å². The van der Waals surface area contributed by atoms with Gasteiger partial charge in [-0.3, -0.25) is 14.4 Å². The molecular formula is C24H30O8Si. The molecule has 0 bridgehead atoms. The predicted molar refractivity (Wildman–Crippen MR) is 124 cm³/mol. The molecule has 0 atom stereocenters. The lowest BCUT2D eigenvalue weighted by molar-refractivity contribution is -0.147. The highest BCUT2D eigenvalue weighted by atomic mass is 28.4. The number of ether oxygens (including phenoxy) is 1. The fourth-order valence-corrected chi connectivity index (χ4v) is 5.74. The van der Waals surface area contributed by atoms with Crippen LogP contribution in [0.2, 0.25) is 6.04 Å². The molecule has 2 aromatic rings. The van der Waals surface area contributed by atoms with Crippen molar-refractivity contribution in [3.05, 3.63) is 48.0 Å². The largest absolute Gasteiger partial charge is 0.705 e. The molecule has 2 rings (SSSR count). The first kappa shape index (κ1) is 25.9. The van der Waals surface area contributed by atoms with Gasteiger partial charge >= 0.3 is 8.80 Å². The molecule has 0 saturated carbocycles. The monoisotopic (exact) mass is 474 g/mol. The van der Waals surface area contributed by atoms with E-state index in [4.69, 9.17) is 18.0 Å². The third-order valence-corrected chi connectivity index (χ3v) is 7.32. The van der Waals surface area contributed by atoms with Crippen molar-refractivity contribution in [2.45, 2.75) is 53.0 Å². The average molecular weight is 475 g/mol. The van der Waals surface area contributed by atoms with Crippen molar-refractivity contribution in [3.8, 4) is 22.6 Å². The van der Waals surface area contributed by atoms with Gasteiger partial charge in [-0.2, -0.15) is 0 Å². The summed E-state index contributed by atoms with van der Waals surface area (Å²) in [6, 6.07) is 12.8. The van der Waals surface area contributed by atoms with E-state index in [2.05, 4.69) is 0 Å². The maximum absolute atomic E-state index is 11.6. The maximum Gasteiger partial charge on any atom is 0.705 e. The molecule has 0 unspecified atom stereocenters. The Morgan fingerprint density at radius 2 is 1.45 bits per heavy atom. The predicted octanol–water partition coefficient (Wildman–Crippen LogP) is 4.41. The summed E-state index contributed by atoms with van der Waals surface area (Å²) < 4.78 is 21.3. The second-order valence-electron chi connectivity index (χ2n) is 7.53. The summed E-state index contributed by atoms with van der Waals surface area (Å²) in [4.78, 5) is 34.9. The standard InChI is InChI=1S/C24H30O8Si/c1-5-14-29-23-11-8-20(9-12-23)24-13-10-22(28)16-21(24)7-6-15-33(30-17(2)25,31-18(3)26)32-19(4)27/h8-13,16,28H,5-7,14-15H2,1-4H3. The highest BCUT2D eigenvalue weighted by Crippen LogP contribution is 2.31. The summed E-state index contributed by atoms with van der Waals surface area (Å²) in [6.07, 6.45) is 1.76. The van der Waals surface area contributed by atoms with Crippen molar-refractivity contribution in [3.63, 3.8) is 0 Å². The molecule has 0 fully saturated rings. The first-order valence-electron chi connectivity index (χ1n) is 10.8. The molecule has 178 valence electrons. The Morgan fingerprint density at radius 3 is 1.97 bits per heavy atom. The molecule has 1 N–H and O–H groups in total. The Balaban J connectivity index is 2.23.